The molecule has 0 fully saturated rings. The lowest BCUT2D eigenvalue weighted by molar-refractivity contribution is 0.250. The SMILES string of the molecule is COc1cc2c(cc1OCCN(C)C)C(c1ccc(OC)c(C(C)(C)C)c1)NCC2. The molecule has 0 aliphatic carbocycles. The summed E-state index contributed by atoms with van der Waals surface area (Å²) in [4.78, 5) is 2.11. The second-order valence-corrected chi connectivity index (χ2v) is 9.20. The van der Waals surface area contributed by atoms with Crippen LogP contribution < -0.4 is 19.5 Å². The zero-order chi connectivity index (χ0) is 21.9. The summed E-state index contributed by atoms with van der Waals surface area (Å²) >= 11 is 0. The minimum Gasteiger partial charge on any atom is -0.496 e. The third-order valence-electron chi connectivity index (χ3n) is 5.64. The first-order chi connectivity index (χ1) is 14.2. The molecular formula is C25H36N2O3. The number of nitrogens with zero attached hydrogens (tertiary/aromatic N) is 1. The molecule has 0 radical (unpaired) electrons. The van der Waals surface area contributed by atoms with Crippen molar-refractivity contribution in [2.75, 3.05) is 48.0 Å². The van der Waals surface area contributed by atoms with Crippen molar-refractivity contribution in [2.24, 2.45) is 0 Å². The zero-order valence-corrected chi connectivity index (χ0v) is 19.5. The summed E-state index contributed by atoms with van der Waals surface area (Å²) in [5, 5.41) is 3.70. The zero-order valence-electron chi connectivity index (χ0n) is 19.5. The molecule has 164 valence electrons. The highest BCUT2D eigenvalue weighted by molar-refractivity contribution is 5.53. The van der Waals surface area contributed by atoms with Crippen LogP contribution in [-0.4, -0.2) is 52.9 Å². The number of ether oxygens (including phenoxy) is 3. The van der Waals surface area contributed by atoms with E-state index in [1.807, 2.05) is 14.1 Å². The topological polar surface area (TPSA) is 43.0 Å². The van der Waals surface area contributed by atoms with Crippen LogP contribution in [0.2, 0.25) is 0 Å². The smallest absolute Gasteiger partial charge is 0.161 e. The van der Waals surface area contributed by atoms with E-state index in [9.17, 15) is 0 Å². The molecule has 2 aromatic carbocycles. The van der Waals surface area contributed by atoms with Gasteiger partial charge >= 0.3 is 0 Å². The molecular weight excluding hydrogens is 376 g/mol. The number of rotatable bonds is 7. The molecule has 0 saturated carbocycles. The Morgan fingerprint density at radius 3 is 2.37 bits per heavy atom. The van der Waals surface area contributed by atoms with E-state index in [1.165, 1.54) is 22.3 Å². The van der Waals surface area contributed by atoms with E-state index in [1.54, 1.807) is 14.2 Å². The van der Waals surface area contributed by atoms with Gasteiger partial charge in [-0.25, -0.2) is 0 Å². The summed E-state index contributed by atoms with van der Waals surface area (Å²) in [6.07, 6.45) is 0.975. The molecule has 1 aliphatic heterocycles. The minimum absolute atomic E-state index is 0.000785. The van der Waals surface area contributed by atoms with Gasteiger partial charge in [-0.15, -0.1) is 0 Å². The Labute approximate surface area is 181 Å². The highest BCUT2D eigenvalue weighted by Gasteiger charge is 2.27. The van der Waals surface area contributed by atoms with Gasteiger partial charge in [0.05, 0.1) is 20.3 Å². The largest absolute Gasteiger partial charge is 0.496 e. The monoisotopic (exact) mass is 412 g/mol. The number of likely N-dealkylation sites (N-methyl/N-ethyl adjacent to an activating group) is 1. The number of methoxy groups -OCH3 is 2. The maximum absolute atomic E-state index is 6.09. The van der Waals surface area contributed by atoms with Crippen molar-refractivity contribution in [3.63, 3.8) is 0 Å². The summed E-state index contributed by atoms with van der Waals surface area (Å²) in [6, 6.07) is 10.9. The fourth-order valence-electron chi connectivity index (χ4n) is 3.96. The molecule has 1 N–H and O–H groups in total. The van der Waals surface area contributed by atoms with E-state index in [0.717, 1.165) is 36.8 Å². The van der Waals surface area contributed by atoms with Gasteiger partial charge in [0.25, 0.3) is 0 Å². The number of fused-ring (bicyclic) bond motifs is 1. The third-order valence-corrected chi connectivity index (χ3v) is 5.64. The summed E-state index contributed by atoms with van der Waals surface area (Å²) in [6.45, 7) is 9.07. The molecule has 0 bridgehead atoms. The first-order valence-corrected chi connectivity index (χ1v) is 10.6. The molecule has 0 saturated heterocycles. The van der Waals surface area contributed by atoms with Crippen molar-refractivity contribution in [1.29, 1.82) is 0 Å². The van der Waals surface area contributed by atoms with E-state index in [-0.39, 0.29) is 11.5 Å². The summed E-state index contributed by atoms with van der Waals surface area (Å²) < 4.78 is 17.4. The normalized spacial score (nSPS) is 16.3. The van der Waals surface area contributed by atoms with Crippen LogP contribution >= 0.6 is 0 Å². The van der Waals surface area contributed by atoms with Crippen molar-refractivity contribution >= 4 is 0 Å². The number of nitrogens with one attached hydrogen (secondary N) is 1. The van der Waals surface area contributed by atoms with E-state index in [0.29, 0.717) is 6.61 Å². The highest BCUT2D eigenvalue weighted by atomic mass is 16.5. The van der Waals surface area contributed by atoms with Crippen molar-refractivity contribution in [3.05, 3.63) is 52.6 Å². The van der Waals surface area contributed by atoms with E-state index >= 15 is 0 Å². The van der Waals surface area contributed by atoms with Gasteiger partial charge in [0, 0.05) is 13.1 Å². The molecule has 5 nitrogen and oxygen atoms in total. The molecule has 1 aliphatic rings. The van der Waals surface area contributed by atoms with Crippen LogP contribution in [0.15, 0.2) is 30.3 Å². The van der Waals surface area contributed by atoms with Gasteiger partial charge in [-0.05, 0) is 72.5 Å². The average molecular weight is 413 g/mol. The van der Waals surface area contributed by atoms with Gasteiger partial charge in [0.1, 0.15) is 12.4 Å². The molecule has 1 heterocycles. The fraction of sp³-hybridized carbons (Fsp3) is 0.520. The van der Waals surface area contributed by atoms with Crippen molar-refractivity contribution in [1.82, 2.24) is 10.2 Å². The Balaban J connectivity index is 2.00. The Morgan fingerprint density at radius 1 is 1.00 bits per heavy atom. The van der Waals surface area contributed by atoms with Crippen LogP contribution in [0.5, 0.6) is 17.2 Å². The molecule has 1 atom stereocenters. The Hall–Kier alpha value is -2.24. The minimum atomic E-state index is -0.000785. The van der Waals surface area contributed by atoms with Gasteiger partial charge in [-0.1, -0.05) is 26.8 Å². The van der Waals surface area contributed by atoms with Crippen LogP contribution in [0.1, 0.15) is 49.1 Å². The van der Waals surface area contributed by atoms with Gasteiger partial charge in [-0.3, -0.25) is 0 Å². The average Bonchev–Trinajstić information content (AvgIpc) is 2.71. The quantitative estimate of drug-likeness (QED) is 0.739. The second-order valence-electron chi connectivity index (χ2n) is 9.20. The summed E-state index contributed by atoms with van der Waals surface area (Å²) in [5.74, 6) is 2.54. The number of hydrogen-bond donors (Lipinski definition) is 1. The van der Waals surface area contributed by atoms with E-state index in [2.05, 4.69) is 61.3 Å². The predicted octanol–water partition coefficient (Wildman–Crippen LogP) is 4.18. The van der Waals surface area contributed by atoms with Crippen LogP contribution in [0.3, 0.4) is 0 Å². The van der Waals surface area contributed by atoms with Crippen LogP contribution in [0, 0.1) is 0 Å². The van der Waals surface area contributed by atoms with Crippen LogP contribution in [-0.2, 0) is 11.8 Å². The van der Waals surface area contributed by atoms with Gasteiger partial charge in [-0.2, -0.15) is 0 Å². The van der Waals surface area contributed by atoms with Gasteiger partial charge in [0.15, 0.2) is 11.5 Å². The molecule has 0 spiro atoms. The van der Waals surface area contributed by atoms with Crippen molar-refractivity contribution < 1.29 is 14.2 Å². The molecule has 0 amide bonds. The Bertz CT molecular complexity index is 871. The first-order valence-electron chi connectivity index (χ1n) is 10.6. The van der Waals surface area contributed by atoms with Crippen molar-refractivity contribution in [3.8, 4) is 17.2 Å². The van der Waals surface area contributed by atoms with E-state index in [4.69, 9.17) is 14.2 Å². The summed E-state index contributed by atoms with van der Waals surface area (Å²) in [5.41, 5.74) is 5.02. The second kappa shape index (κ2) is 9.27. The van der Waals surface area contributed by atoms with Crippen molar-refractivity contribution in [2.45, 2.75) is 38.6 Å². The van der Waals surface area contributed by atoms with Crippen LogP contribution in [0.4, 0.5) is 0 Å². The highest BCUT2D eigenvalue weighted by Crippen LogP contribution is 2.40. The lowest BCUT2D eigenvalue weighted by Crippen LogP contribution is -2.31. The lowest BCUT2D eigenvalue weighted by atomic mass is 9.82. The molecule has 5 heteroatoms. The standard InChI is InChI=1S/C25H36N2O3/c1-25(2,3)20-14-18(8-9-21(20)28-6)24-19-16-23(30-13-12-27(4)5)22(29-7)15-17(19)10-11-26-24/h8-9,14-16,24,26H,10-13H2,1-7H3. The predicted molar refractivity (Wildman–Crippen MR) is 122 cm³/mol. The third kappa shape index (κ3) is 4.90. The number of benzene rings is 2. The van der Waals surface area contributed by atoms with E-state index < -0.39 is 0 Å². The molecule has 0 aromatic heterocycles. The maximum atomic E-state index is 6.09. The Morgan fingerprint density at radius 2 is 1.73 bits per heavy atom. The molecule has 3 rings (SSSR count). The van der Waals surface area contributed by atoms with Crippen LogP contribution in [0.25, 0.3) is 0 Å². The van der Waals surface area contributed by atoms with Gasteiger partial charge in [0.2, 0.25) is 0 Å². The molecule has 1 unspecified atom stereocenters. The summed E-state index contributed by atoms with van der Waals surface area (Å²) in [7, 11) is 7.54. The number of hydrogen-bond acceptors (Lipinski definition) is 5. The van der Waals surface area contributed by atoms with Gasteiger partial charge < -0.3 is 24.4 Å². The maximum Gasteiger partial charge on any atom is 0.161 e. The first kappa shape index (κ1) is 22.4. The molecule has 30 heavy (non-hydrogen) atoms. The fourth-order valence-corrected chi connectivity index (χ4v) is 3.96. The Kier molecular flexibility index (Phi) is 6.94. The molecule has 2 aromatic rings. The lowest BCUT2D eigenvalue weighted by Gasteiger charge is -2.30.